The number of azide groups is 1. The van der Waals surface area contributed by atoms with Crippen LogP contribution in [0.1, 0.15) is 6.42 Å². The molecule has 0 aliphatic carbocycles. The standard InChI is InChI=1S/C21H37N3O16/c22-24-23-2-1-3-35-19-15(33)12(30)17(8(5-26)37-19)40-21-16(34)13(31)18(9(6-27)38-21)39-20-14(32)11(29)10(28)7(4-25)36-20/h7-21,25-34H,1-6H2/t7-,8-,9-,10-,11+,12-,13-,14+,15+,16+,17-,18-,19-,20+,21+/m1/s1. The number of aliphatic hydroxyl groups is 10. The molecule has 0 aromatic carbocycles. The Hall–Kier alpha value is -1.33. The molecule has 3 aliphatic heterocycles. The molecule has 0 bridgehead atoms. The van der Waals surface area contributed by atoms with E-state index in [2.05, 4.69) is 10.0 Å². The topological polar surface area (TPSA) is 306 Å². The van der Waals surface area contributed by atoms with Crippen molar-refractivity contribution in [2.45, 2.75) is 98.5 Å². The zero-order valence-electron chi connectivity index (χ0n) is 21.2. The first-order valence-electron chi connectivity index (χ1n) is 12.6. The lowest BCUT2D eigenvalue weighted by molar-refractivity contribution is -0.379. The SMILES string of the molecule is [N-]=[N+]=NCCCO[C@@H]1O[C@H](CO)[C@@H](O[C@@H]2O[C@H](CO)[C@@H](O[C@@H]3O[C@H](CO)[C@@H](O)[C@H](O)[C@@H]3O)[C@H](O)[C@@H]2O)[C@H](O)[C@@H]1O. The molecule has 0 spiro atoms. The van der Waals surface area contributed by atoms with Gasteiger partial charge >= 0.3 is 0 Å². The molecule has 3 aliphatic rings. The highest BCUT2D eigenvalue weighted by molar-refractivity contribution is 4.96. The summed E-state index contributed by atoms with van der Waals surface area (Å²) in [7, 11) is 0. The fraction of sp³-hybridized carbons (Fsp3) is 1.00. The molecular formula is C21H37N3O16. The van der Waals surface area contributed by atoms with Crippen LogP contribution in [0.15, 0.2) is 5.11 Å². The fourth-order valence-electron chi connectivity index (χ4n) is 4.56. The molecule has 19 nitrogen and oxygen atoms in total. The van der Waals surface area contributed by atoms with E-state index in [9.17, 15) is 51.1 Å². The Labute approximate surface area is 227 Å². The maximum absolute atomic E-state index is 10.8. The molecule has 0 aromatic rings. The number of hydrogen-bond acceptors (Lipinski definition) is 17. The summed E-state index contributed by atoms with van der Waals surface area (Å²) in [5.41, 5.74) is 8.30. The molecular weight excluding hydrogens is 550 g/mol. The van der Waals surface area contributed by atoms with Crippen molar-refractivity contribution in [3.63, 3.8) is 0 Å². The molecule has 232 valence electrons. The first-order valence-corrected chi connectivity index (χ1v) is 12.6. The van der Waals surface area contributed by atoms with Crippen LogP contribution in [-0.2, 0) is 28.4 Å². The molecule has 3 rings (SSSR count). The highest BCUT2D eigenvalue weighted by Crippen LogP contribution is 2.32. The average Bonchev–Trinajstić information content (AvgIpc) is 2.95. The van der Waals surface area contributed by atoms with Gasteiger partial charge in [-0.2, -0.15) is 0 Å². The molecule has 19 heteroatoms. The van der Waals surface area contributed by atoms with Gasteiger partial charge in [0.1, 0.15) is 73.2 Å². The van der Waals surface area contributed by atoms with Crippen LogP contribution in [-0.4, -0.2) is 176 Å². The summed E-state index contributed by atoms with van der Waals surface area (Å²) < 4.78 is 32.6. The predicted octanol–water partition coefficient (Wildman–Crippen LogP) is -5.85. The lowest BCUT2D eigenvalue weighted by Gasteiger charge is -2.48. The highest BCUT2D eigenvalue weighted by atomic mass is 16.8. The van der Waals surface area contributed by atoms with E-state index < -0.39 is 112 Å². The Kier molecular flexibility index (Phi) is 12.6. The number of aliphatic hydroxyl groups excluding tert-OH is 10. The largest absolute Gasteiger partial charge is 0.394 e. The van der Waals surface area contributed by atoms with E-state index in [1.54, 1.807) is 0 Å². The van der Waals surface area contributed by atoms with Gasteiger partial charge in [0, 0.05) is 18.1 Å². The Bertz CT molecular complexity index is 819. The molecule has 10 N–H and O–H groups in total. The summed E-state index contributed by atoms with van der Waals surface area (Å²) in [5.74, 6) is 0. The minimum absolute atomic E-state index is 0.0121. The van der Waals surface area contributed by atoms with Crippen molar-refractivity contribution >= 4 is 0 Å². The van der Waals surface area contributed by atoms with Gasteiger partial charge in [-0.1, -0.05) is 5.11 Å². The van der Waals surface area contributed by atoms with E-state index in [0.29, 0.717) is 0 Å². The van der Waals surface area contributed by atoms with Crippen LogP contribution in [0.2, 0.25) is 0 Å². The maximum atomic E-state index is 10.8. The second-order valence-corrected chi connectivity index (χ2v) is 9.49. The zero-order chi connectivity index (χ0) is 29.6. The van der Waals surface area contributed by atoms with Crippen molar-refractivity contribution in [2.75, 3.05) is 33.0 Å². The first kappa shape index (κ1) is 33.2. The van der Waals surface area contributed by atoms with Crippen molar-refractivity contribution in [3.8, 4) is 0 Å². The van der Waals surface area contributed by atoms with E-state index in [-0.39, 0.29) is 19.6 Å². The van der Waals surface area contributed by atoms with Crippen molar-refractivity contribution in [2.24, 2.45) is 5.11 Å². The normalized spacial score (nSPS) is 46.1. The van der Waals surface area contributed by atoms with Crippen LogP contribution < -0.4 is 0 Å². The van der Waals surface area contributed by atoms with E-state index in [0.717, 1.165) is 0 Å². The summed E-state index contributed by atoms with van der Waals surface area (Å²) in [6.45, 7) is -2.20. The van der Waals surface area contributed by atoms with Gasteiger partial charge in [-0.15, -0.1) is 0 Å². The maximum Gasteiger partial charge on any atom is 0.187 e. The molecule has 0 radical (unpaired) electrons. The number of nitrogens with zero attached hydrogens (tertiary/aromatic N) is 3. The summed E-state index contributed by atoms with van der Waals surface area (Å²) in [5, 5.41) is 105. The van der Waals surface area contributed by atoms with E-state index in [4.69, 9.17) is 34.0 Å². The van der Waals surface area contributed by atoms with Crippen molar-refractivity contribution in [3.05, 3.63) is 10.4 Å². The molecule has 0 saturated carbocycles. The molecule has 0 amide bonds. The van der Waals surface area contributed by atoms with Crippen LogP contribution in [0.3, 0.4) is 0 Å². The molecule has 3 saturated heterocycles. The van der Waals surface area contributed by atoms with Gasteiger partial charge in [-0.3, -0.25) is 0 Å². The van der Waals surface area contributed by atoms with Crippen LogP contribution in [0.5, 0.6) is 0 Å². The highest BCUT2D eigenvalue weighted by Gasteiger charge is 2.53. The third-order valence-electron chi connectivity index (χ3n) is 6.82. The minimum Gasteiger partial charge on any atom is -0.394 e. The van der Waals surface area contributed by atoms with Crippen molar-refractivity contribution in [1.82, 2.24) is 0 Å². The second-order valence-electron chi connectivity index (χ2n) is 9.49. The van der Waals surface area contributed by atoms with Gasteiger partial charge in [-0.05, 0) is 12.0 Å². The van der Waals surface area contributed by atoms with E-state index in [1.807, 2.05) is 0 Å². The van der Waals surface area contributed by atoms with Gasteiger partial charge in [0.25, 0.3) is 0 Å². The zero-order valence-corrected chi connectivity index (χ0v) is 21.2. The Morgan fingerprint density at radius 2 is 1.05 bits per heavy atom. The van der Waals surface area contributed by atoms with Gasteiger partial charge in [0.15, 0.2) is 18.9 Å². The Morgan fingerprint density at radius 1 is 0.600 bits per heavy atom. The van der Waals surface area contributed by atoms with Gasteiger partial charge in [0.2, 0.25) is 0 Å². The summed E-state index contributed by atoms with van der Waals surface area (Å²) in [6.07, 6.45) is -24.3. The second kappa shape index (κ2) is 15.2. The smallest absolute Gasteiger partial charge is 0.187 e. The van der Waals surface area contributed by atoms with E-state index >= 15 is 0 Å². The molecule has 3 heterocycles. The van der Waals surface area contributed by atoms with Crippen LogP contribution in [0.25, 0.3) is 10.4 Å². The average molecular weight is 588 g/mol. The fourth-order valence-corrected chi connectivity index (χ4v) is 4.56. The summed E-state index contributed by atoms with van der Waals surface area (Å²) in [6, 6.07) is 0. The first-order chi connectivity index (χ1) is 19.1. The Morgan fingerprint density at radius 3 is 1.55 bits per heavy atom. The molecule has 0 aromatic heterocycles. The van der Waals surface area contributed by atoms with Crippen molar-refractivity contribution < 1.29 is 79.5 Å². The quantitative estimate of drug-likeness (QED) is 0.0440. The molecule has 15 atom stereocenters. The van der Waals surface area contributed by atoms with E-state index in [1.165, 1.54) is 0 Å². The third-order valence-corrected chi connectivity index (χ3v) is 6.82. The summed E-state index contributed by atoms with van der Waals surface area (Å²) in [4.78, 5) is 2.59. The molecule has 3 fully saturated rings. The minimum atomic E-state index is -1.92. The lowest BCUT2D eigenvalue weighted by Crippen LogP contribution is -2.66. The third kappa shape index (κ3) is 7.35. The van der Waals surface area contributed by atoms with Crippen LogP contribution in [0, 0.1) is 0 Å². The van der Waals surface area contributed by atoms with Crippen LogP contribution >= 0.6 is 0 Å². The number of ether oxygens (including phenoxy) is 6. The summed E-state index contributed by atoms with van der Waals surface area (Å²) >= 11 is 0. The predicted molar refractivity (Wildman–Crippen MR) is 124 cm³/mol. The van der Waals surface area contributed by atoms with Gasteiger partial charge in [-0.25, -0.2) is 0 Å². The number of rotatable bonds is 12. The van der Waals surface area contributed by atoms with Gasteiger partial charge in [0.05, 0.1) is 19.8 Å². The van der Waals surface area contributed by atoms with Crippen LogP contribution in [0.4, 0.5) is 0 Å². The lowest BCUT2D eigenvalue weighted by atomic mass is 9.96. The van der Waals surface area contributed by atoms with Crippen molar-refractivity contribution in [1.29, 1.82) is 0 Å². The number of hydrogen-bond donors (Lipinski definition) is 10. The Balaban J connectivity index is 1.65. The van der Waals surface area contributed by atoms with Gasteiger partial charge < -0.3 is 79.5 Å². The molecule has 0 unspecified atom stereocenters. The molecule has 40 heavy (non-hydrogen) atoms. The monoisotopic (exact) mass is 587 g/mol.